The molecule has 0 bridgehead atoms. The Labute approximate surface area is 108 Å². The van der Waals surface area contributed by atoms with Gasteiger partial charge < -0.3 is 20.7 Å². The summed E-state index contributed by atoms with van der Waals surface area (Å²) in [6.07, 6.45) is 0. The smallest absolute Gasteiger partial charge is 0.257 e. The van der Waals surface area contributed by atoms with Gasteiger partial charge in [0.2, 0.25) is 0 Å². The lowest BCUT2D eigenvalue weighted by atomic mass is 10.3. The Kier molecular flexibility index (Phi) is 6.00. The molecule has 0 radical (unpaired) electrons. The predicted molar refractivity (Wildman–Crippen MR) is 72.5 cm³/mol. The Morgan fingerprint density at radius 2 is 2.06 bits per heavy atom. The van der Waals surface area contributed by atoms with Crippen LogP contribution in [0, 0.1) is 0 Å². The molecule has 1 rings (SSSR count). The summed E-state index contributed by atoms with van der Waals surface area (Å²) in [6.45, 7) is 4.54. The SMILES string of the molecule is CCN(C)CCNC(=O)COc1ccc(N)cc1. The Balaban J connectivity index is 2.19. The summed E-state index contributed by atoms with van der Waals surface area (Å²) in [5.74, 6) is 0.529. The van der Waals surface area contributed by atoms with E-state index in [1.54, 1.807) is 24.3 Å². The van der Waals surface area contributed by atoms with Crippen LogP contribution in [0.3, 0.4) is 0 Å². The number of anilines is 1. The topological polar surface area (TPSA) is 67.6 Å². The third kappa shape index (κ3) is 5.54. The maximum Gasteiger partial charge on any atom is 0.257 e. The number of nitrogen functional groups attached to an aromatic ring is 1. The molecule has 0 saturated carbocycles. The van der Waals surface area contributed by atoms with Crippen molar-refractivity contribution < 1.29 is 9.53 Å². The maximum atomic E-state index is 11.5. The van der Waals surface area contributed by atoms with Gasteiger partial charge in [0.1, 0.15) is 5.75 Å². The summed E-state index contributed by atoms with van der Waals surface area (Å²) in [5.41, 5.74) is 6.23. The van der Waals surface area contributed by atoms with Crippen molar-refractivity contribution in [3.63, 3.8) is 0 Å². The van der Waals surface area contributed by atoms with Crippen molar-refractivity contribution in [2.24, 2.45) is 0 Å². The van der Waals surface area contributed by atoms with Crippen LogP contribution in [0.5, 0.6) is 5.75 Å². The minimum absolute atomic E-state index is 0.0275. The van der Waals surface area contributed by atoms with Crippen LogP contribution >= 0.6 is 0 Å². The molecule has 0 fully saturated rings. The number of nitrogens with zero attached hydrogens (tertiary/aromatic N) is 1. The van der Waals surface area contributed by atoms with Gasteiger partial charge in [0, 0.05) is 18.8 Å². The Hall–Kier alpha value is -1.75. The Bertz CT molecular complexity index is 365. The van der Waals surface area contributed by atoms with Crippen LogP contribution in [0.1, 0.15) is 6.92 Å². The molecule has 5 nitrogen and oxygen atoms in total. The predicted octanol–water partition coefficient (Wildman–Crippen LogP) is 0.716. The number of hydrogen-bond donors (Lipinski definition) is 2. The van der Waals surface area contributed by atoms with Crippen LogP contribution in [0.4, 0.5) is 5.69 Å². The zero-order valence-electron chi connectivity index (χ0n) is 11.0. The van der Waals surface area contributed by atoms with Gasteiger partial charge in [-0.05, 0) is 37.9 Å². The molecule has 100 valence electrons. The van der Waals surface area contributed by atoms with E-state index in [-0.39, 0.29) is 12.5 Å². The second-order valence-corrected chi connectivity index (χ2v) is 4.10. The third-order valence-corrected chi connectivity index (χ3v) is 2.61. The molecule has 0 saturated heterocycles. The quantitative estimate of drug-likeness (QED) is 0.701. The molecule has 0 aliphatic heterocycles. The van der Waals surface area contributed by atoms with Gasteiger partial charge in [-0.1, -0.05) is 6.92 Å². The van der Waals surface area contributed by atoms with E-state index in [1.807, 2.05) is 7.05 Å². The van der Waals surface area contributed by atoms with Gasteiger partial charge >= 0.3 is 0 Å². The lowest BCUT2D eigenvalue weighted by Gasteiger charge is -2.14. The highest BCUT2D eigenvalue weighted by atomic mass is 16.5. The number of amides is 1. The van der Waals surface area contributed by atoms with E-state index in [1.165, 1.54) is 0 Å². The standard InChI is InChI=1S/C13H21N3O2/c1-3-16(2)9-8-15-13(17)10-18-12-6-4-11(14)5-7-12/h4-7H,3,8-10,14H2,1-2H3,(H,15,17). The van der Waals surface area contributed by atoms with Crippen LogP contribution in [0.15, 0.2) is 24.3 Å². The van der Waals surface area contributed by atoms with Gasteiger partial charge in [-0.2, -0.15) is 0 Å². The largest absolute Gasteiger partial charge is 0.484 e. The van der Waals surface area contributed by atoms with Crippen LogP contribution < -0.4 is 15.8 Å². The molecule has 18 heavy (non-hydrogen) atoms. The van der Waals surface area contributed by atoms with Crippen molar-refractivity contribution in [1.29, 1.82) is 0 Å². The van der Waals surface area contributed by atoms with E-state index in [9.17, 15) is 4.79 Å². The highest BCUT2D eigenvalue weighted by molar-refractivity contribution is 5.77. The number of ether oxygens (including phenoxy) is 1. The molecule has 3 N–H and O–H groups in total. The second kappa shape index (κ2) is 7.55. The summed E-state index contributed by atoms with van der Waals surface area (Å²) in [7, 11) is 2.01. The third-order valence-electron chi connectivity index (χ3n) is 2.61. The monoisotopic (exact) mass is 251 g/mol. The summed E-state index contributed by atoms with van der Waals surface area (Å²) in [6, 6.07) is 6.97. The zero-order valence-corrected chi connectivity index (χ0v) is 11.0. The van der Waals surface area contributed by atoms with E-state index in [4.69, 9.17) is 10.5 Å². The maximum absolute atomic E-state index is 11.5. The van der Waals surface area contributed by atoms with Gasteiger partial charge in [0.05, 0.1) is 0 Å². The van der Waals surface area contributed by atoms with Gasteiger partial charge in [-0.3, -0.25) is 4.79 Å². The molecule has 0 aliphatic rings. The van der Waals surface area contributed by atoms with Crippen LogP contribution in [-0.4, -0.2) is 44.1 Å². The first-order valence-electron chi connectivity index (χ1n) is 6.05. The number of benzene rings is 1. The highest BCUT2D eigenvalue weighted by Gasteiger charge is 2.02. The molecule has 0 heterocycles. The highest BCUT2D eigenvalue weighted by Crippen LogP contribution is 2.12. The summed E-state index contributed by atoms with van der Waals surface area (Å²) >= 11 is 0. The minimum atomic E-state index is -0.115. The molecule has 1 aromatic rings. The van der Waals surface area contributed by atoms with Crippen molar-refractivity contribution >= 4 is 11.6 Å². The van der Waals surface area contributed by atoms with Crippen LogP contribution in [-0.2, 0) is 4.79 Å². The first-order valence-corrected chi connectivity index (χ1v) is 6.05. The molecular formula is C13H21N3O2. The molecule has 0 atom stereocenters. The lowest BCUT2D eigenvalue weighted by Crippen LogP contribution is -2.35. The number of carbonyl (C=O) groups excluding carboxylic acids is 1. The molecule has 0 aromatic heterocycles. The second-order valence-electron chi connectivity index (χ2n) is 4.10. The molecular weight excluding hydrogens is 230 g/mol. The van der Waals surface area contributed by atoms with Crippen molar-refractivity contribution in [1.82, 2.24) is 10.2 Å². The minimum Gasteiger partial charge on any atom is -0.484 e. The van der Waals surface area contributed by atoms with Crippen molar-refractivity contribution in [3.05, 3.63) is 24.3 Å². The Morgan fingerprint density at radius 3 is 2.67 bits per heavy atom. The summed E-state index contributed by atoms with van der Waals surface area (Å²) < 4.78 is 5.33. The average Bonchev–Trinajstić information content (AvgIpc) is 2.38. The molecule has 0 spiro atoms. The number of hydrogen-bond acceptors (Lipinski definition) is 4. The number of rotatable bonds is 7. The first kappa shape index (κ1) is 14.3. The Morgan fingerprint density at radius 1 is 1.39 bits per heavy atom. The van der Waals surface area contributed by atoms with Gasteiger partial charge in [-0.25, -0.2) is 0 Å². The number of nitrogens with one attached hydrogen (secondary N) is 1. The van der Waals surface area contributed by atoms with Crippen LogP contribution in [0.2, 0.25) is 0 Å². The van der Waals surface area contributed by atoms with E-state index in [0.29, 0.717) is 18.0 Å². The van der Waals surface area contributed by atoms with E-state index < -0.39 is 0 Å². The fourth-order valence-electron chi connectivity index (χ4n) is 1.31. The van der Waals surface area contributed by atoms with E-state index in [0.717, 1.165) is 13.1 Å². The van der Waals surface area contributed by atoms with Gasteiger partial charge in [-0.15, -0.1) is 0 Å². The summed E-state index contributed by atoms with van der Waals surface area (Å²) in [4.78, 5) is 13.6. The van der Waals surface area contributed by atoms with Crippen molar-refractivity contribution in [3.8, 4) is 5.75 Å². The normalized spacial score (nSPS) is 10.4. The zero-order chi connectivity index (χ0) is 13.4. The van der Waals surface area contributed by atoms with Gasteiger partial charge in [0.25, 0.3) is 5.91 Å². The van der Waals surface area contributed by atoms with E-state index >= 15 is 0 Å². The van der Waals surface area contributed by atoms with Crippen molar-refractivity contribution in [2.75, 3.05) is 39.0 Å². The fourth-order valence-corrected chi connectivity index (χ4v) is 1.31. The number of carbonyl (C=O) groups is 1. The van der Waals surface area contributed by atoms with Crippen LogP contribution in [0.25, 0.3) is 0 Å². The summed E-state index contributed by atoms with van der Waals surface area (Å²) in [5, 5.41) is 2.80. The molecule has 1 aromatic carbocycles. The molecule has 0 unspecified atom stereocenters. The van der Waals surface area contributed by atoms with E-state index in [2.05, 4.69) is 17.1 Å². The molecule has 5 heteroatoms. The first-order chi connectivity index (χ1) is 8.61. The van der Waals surface area contributed by atoms with Crippen molar-refractivity contribution in [2.45, 2.75) is 6.92 Å². The lowest BCUT2D eigenvalue weighted by molar-refractivity contribution is -0.123. The molecule has 1 amide bonds. The van der Waals surface area contributed by atoms with Gasteiger partial charge in [0.15, 0.2) is 6.61 Å². The number of likely N-dealkylation sites (N-methyl/N-ethyl adjacent to an activating group) is 1. The fraction of sp³-hybridized carbons (Fsp3) is 0.462. The average molecular weight is 251 g/mol. The molecule has 0 aliphatic carbocycles. The number of nitrogens with two attached hydrogens (primary N) is 1.